The second kappa shape index (κ2) is 21.4. The van der Waals surface area contributed by atoms with Crippen molar-refractivity contribution in [1.82, 2.24) is 0 Å². The highest BCUT2D eigenvalue weighted by Crippen LogP contribution is 2.13. The molecule has 1 heterocycles. The van der Waals surface area contributed by atoms with E-state index in [1.165, 1.54) is 147 Å². The van der Waals surface area contributed by atoms with Crippen LogP contribution in [0.1, 0.15) is 148 Å². The van der Waals surface area contributed by atoms with E-state index >= 15 is 0 Å². The maximum atomic E-state index is 2.37. The number of unbranched alkanes of at least 4 members (excludes halogenated alkanes) is 18. The quantitative estimate of drug-likeness (QED) is 0.131. The van der Waals surface area contributed by atoms with Crippen molar-refractivity contribution in [2.24, 2.45) is 0 Å². The molecule has 0 saturated heterocycles. The number of aryl methyl sites for hydroxylation is 2. The minimum Gasteiger partial charge on any atom is -0.205 e. The Morgan fingerprint density at radius 3 is 1.27 bits per heavy atom. The van der Waals surface area contributed by atoms with E-state index < -0.39 is 0 Å². The van der Waals surface area contributed by atoms with Gasteiger partial charge in [0.2, 0.25) is 0 Å². The van der Waals surface area contributed by atoms with E-state index in [4.69, 9.17) is 0 Å². The molecular weight excluding hydrogens is 362 g/mol. The van der Waals surface area contributed by atoms with Gasteiger partial charge in [-0.25, -0.2) is 4.57 Å². The van der Waals surface area contributed by atoms with Crippen LogP contribution < -0.4 is 4.57 Å². The lowest BCUT2D eigenvalue weighted by atomic mass is 10.0. The van der Waals surface area contributed by atoms with Crippen molar-refractivity contribution >= 4 is 0 Å². The zero-order valence-corrected chi connectivity index (χ0v) is 20.8. The van der Waals surface area contributed by atoms with Gasteiger partial charge in [-0.1, -0.05) is 123 Å². The molecule has 0 fully saturated rings. The minimum absolute atomic E-state index is 1.19. The van der Waals surface area contributed by atoms with Gasteiger partial charge in [-0.3, -0.25) is 0 Å². The highest BCUT2D eigenvalue weighted by atomic mass is 14.9. The Balaban J connectivity index is 1.83. The Kier molecular flexibility index (Phi) is 19.4. The van der Waals surface area contributed by atoms with Crippen LogP contribution >= 0.6 is 0 Å². The second-order valence-electron chi connectivity index (χ2n) is 9.56. The zero-order valence-electron chi connectivity index (χ0n) is 20.8. The number of aromatic nitrogens is 1. The predicted octanol–water partition coefficient (Wildman–Crippen LogP) is 9.36. The average molecular weight is 417 g/mol. The van der Waals surface area contributed by atoms with E-state index in [0.29, 0.717) is 0 Å². The molecule has 0 atom stereocenters. The Morgan fingerprint density at radius 2 is 0.833 bits per heavy atom. The van der Waals surface area contributed by atoms with Crippen LogP contribution in [0, 0.1) is 0 Å². The first-order valence-corrected chi connectivity index (χ1v) is 13.8. The van der Waals surface area contributed by atoms with E-state index in [1.54, 1.807) is 0 Å². The molecule has 0 N–H and O–H groups in total. The Bertz CT molecular complexity index is 450. The third-order valence-corrected chi connectivity index (χ3v) is 6.55. The zero-order chi connectivity index (χ0) is 21.5. The number of pyridine rings is 1. The van der Waals surface area contributed by atoms with E-state index in [2.05, 4.69) is 42.9 Å². The first-order chi connectivity index (χ1) is 14.9. The molecule has 1 aromatic rings. The van der Waals surface area contributed by atoms with Gasteiger partial charge in [-0.15, -0.1) is 0 Å². The van der Waals surface area contributed by atoms with E-state index in [1.807, 2.05) is 0 Å². The SMILES string of the molecule is CCCCCCCCCCCCCCCCCC[n+]1ccc(CCCCCC)cc1. The maximum Gasteiger partial charge on any atom is 0.169 e. The first kappa shape index (κ1) is 27.2. The summed E-state index contributed by atoms with van der Waals surface area (Å²) in [4.78, 5) is 0. The van der Waals surface area contributed by atoms with Crippen LogP contribution in [0.25, 0.3) is 0 Å². The van der Waals surface area contributed by atoms with Gasteiger partial charge in [0.25, 0.3) is 0 Å². The van der Waals surface area contributed by atoms with Gasteiger partial charge in [-0.05, 0) is 24.8 Å². The molecule has 1 rings (SSSR count). The van der Waals surface area contributed by atoms with Crippen LogP contribution in [0.5, 0.6) is 0 Å². The van der Waals surface area contributed by atoms with Crippen molar-refractivity contribution < 1.29 is 4.57 Å². The van der Waals surface area contributed by atoms with Gasteiger partial charge < -0.3 is 0 Å². The van der Waals surface area contributed by atoms with E-state index in [9.17, 15) is 0 Å². The van der Waals surface area contributed by atoms with Crippen LogP contribution in [0.2, 0.25) is 0 Å². The number of hydrogen-bond acceptors (Lipinski definition) is 0. The lowest BCUT2D eigenvalue weighted by molar-refractivity contribution is -0.697. The standard InChI is InChI=1S/C29H54N/c1-3-5-7-9-10-11-12-13-14-15-16-17-18-19-20-22-26-30-27-24-29(25-28-30)23-21-8-6-4-2/h24-25,27-28H,3-23,26H2,1-2H3/q+1. The molecule has 1 nitrogen and oxygen atoms in total. The molecule has 0 unspecified atom stereocenters. The number of nitrogens with zero attached hydrogens (tertiary/aromatic N) is 1. The fraction of sp³-hybridized carbons (Fsp3) is 0.828. The second-order valence-corrected chi connectivity index (χ2v) is 9.56. The highest BCUT2D eigenvalue weighted by molar-refractivity contribution is 5.07. The van der Waals surface area contributed by atoms with Gasteiger partial charge >= 0.3 is 0 Å². The lowest BCUT2D eigenvalue weighted by Crippen LogP contribution is -2.32. The van der Waals surface area contributed by atoms with Crippen LogP contribution in [0.3, 0.4) is 0 Å². The van der Waals surface area contributed by atoms with Crippen LogP contribution in [0.4, 0.5) is 0 Å². The molecule has 0 bridgehead atoms. The normalized spacial score (nSPS) is 11.3. The number of rotatable bonds is 22. The molecule has 174 valence electrons. The molecule has 30 heavy (non-hydrogen) atoms. The molecule has 0 aromatic carbocycles. The summed E-state index contributed by atoms with van der Waals surface area (Å²) in [5.41, 5.74) is 1.51. The highest BCUT2D eigenvalue weighted by Gasteiger charge is 2.01. The maximum absolute atomic E-state index is 2.37. The topological polar surface area (TPSA) is 3.88 Å². The van der Waals surface area contributed by atoms with E-state index in [0.717, 1.165) is 0 Å². The van der Waals surface area contributed by atoms with Crippen LogP contribution in [-0.4, -0.2) is 0 Å². The largest absolute Gasteiger partial charge is 0.205 e. The van der Waals surface area contributed by atoms with Gasteiger partial charge in [0, 0.05) is 18.6 Å². The molecule has 0 spiro atoms. The predicted molar refractivity (Wildman–Crippen MR) is 134 cm³/mol. The molecular formula is C29H54N+. The van der Waals surface area contributed by atoms with Gasteiger partial charge in [0.1, 0.15) is 6.54 Å². The summed E-state index contributed by atoms with van der Waals surface area (Å²) in [6, 6.07) is 4.66. The fourth-order valence-corrected chi connectivity index (χ4v) is 4.40. The molecule has 0 saturated carbocycles. The summed E-state index contributed by atoms with van der Waals surface area (Å²) in [7, 11) is 0. The molecule has 0 aliphatic rings. The summed E-state index contributed by atoms with van der Waals surface area (Å²) in [6.45, 7) is 5.77. The minimum atomic E-state index is 1.19. The van der Waals surface area contributed by atoms with Crippen LogP contribution in [0.15, 0.2) is 24.5 Å². The average Bonchev–Trinajstić information content (AvgIpc) is 2.77. The first-order valence-electron chi connectivity index (χ1n) is 13.8. The summed E-state index contributed by atoms with van der Waals surface area (Å²) in [5, 5.41) is 0. The molecule has 1 heteroatoms. The molecule has 0 aliphatic carbocycles. The Morgan fingerprint density at radius 1 is 0.467 bits per heavy atom. The smallest absolute Gasteiger partial charge is 0.169 e. The molecule has 1 aromatic heterocycles. The monoisotopic (exact) mass is 416 g/mol. The van der Waals surface area contributed by atoms with Crippen molar-refractivity contribution in [2.75, 3.05) is 0 Å². The van der Waals surface area contributed by atoms with E-state index in [-0.39, 0.29) is 0 Å². The van der Waals surface area contributed by atoms with Crippen molar-refractivity contribution in [3.05, 3.63) is 30.1 Å². The molecule has 0 radical (unpaired) electrons. The van der Waals surface area contributed by atoms with Crippen molar-refractivity contribution in [2.45, 2.75) is 155 Å². The summed E-state index contributed by atoms with van der Waals surface area (Å²) in [6.07, 6.45) is 34.3. The molecule has 0 aliphatic heterocycles. The summed E-state index contributed by atoms with van der Waals surface area (Å²) in [5.74, 6) is 0. The van der Waals surface area contributed by atoms with Crippen molar-refractivity contribution in [3.63, 3.8) is 0 Å². The van der Waals surface area contributed by atoms with Crippen molar-refractivity contribution in [1.29, 1.82) is 0 Å². The van der Waals surface area contributed by atoms with Crippen molar-refractivity contribution in [3.8, 4) is 0 Å². The molecule has 0 amide bonds. The summed E-state index contributed by atoms with van der Waals surface area (Å²) < 4.78 is 2.37. The van der Waals surface area contributed by atoms with Gasteiger partial charge in [0.05, 0.1) is 0 Å². The fourth-order valence-electron chi connectivity index (χ4n) is 4.40. The third kappa shape index (κ3) is 16.9. The van der Waals surface area contributed by atoms with Gasteiger partial charge in [0.15, 0.2) is 12.4 Å². The Hall–Kier alpha value is -0.850. The summed E-state index contributed by atoms with van der Waals surface area (Å²) >= 11 is 0. The van der Waals surface area contributed by atoms with Gasteiger partial charge in [-0.2, -0.15) is 0 Å². The number of hydrogen-bond donors (Lipinski definition) is 0. The van der Waals surface area contributed by atoms with Crippen LogP contribution in [-0.2, 0) is 13.0 Å². The lowest BCUT2D eigenvalue weighted by Gasteiger charge is -2.03. The Labute approximate surface area is 190 Å². The third-order valence-electron chi connectivity index (χ3n) is 6.55.